The highest BCUT2D eigenvalue weighted by Gasteiger charge is 2.36. The van der Waals surface area contributed by atoms with E-state index in [0.29, 0.717) is 35.9 Å². The van der Waals surface area contributed by atoms with E-state index >= 15 is 0 Å². The number of urea groups is 1. The van der Waals surface area contributed by atoms with Crippen LogP contribution in [0.4, 0.5) is 16.2 Å². The molecule has 0 saturated carbocycles. The molecule has 1 aromatic heterocycles. The molecule has 1 aromatic carbocycles. The van der Waals surface area contributed by atoms with Crippen LogP contribution in [0, 0.1) is 5.41 Å². The van der Waals surface area contributed by atoms with E-state index in [-0.39, 0.29) is 11.5 Å². The number of aromatic nitrogens is 1. The molecule has 1 atom stereocenters. The molecule has 0 bridgehead atoms. The predicted molar refractivity (Wildman–Crippen MR) is 127 cm³/mol. The molecule has 176 valence electrons. The topological polar surface area (TPSA) is 158 Å². The maximum absolute atomic E-state index is 12.8. The van der Waals surface area contributed by atoms with Crippen LogP contribution in [0.15, 0.2) is 42.6 Å². The number of nitrogens with two attached hydrogens (primary N) is 1. The fourth-order valence-corrected chi connectivity index (χ4v) is 4.36. The fourth-order valence-electron chi connectivity index (χ4n) is 3.28. The van der Waals surface area contributed by atoms with Gasteiger partial charge in [0.05, 0.1) is 11.9 Å². The van der Waals surface area contributed by atoms with Gasteiger partial charge in [0.25, 0.3) is 0 Å². The maximum atomic E-state index is 12.8. The quantitative estimate of drug-likeness (QED) is 0.285. The lowest BCUT2D eigenvalue weighted by Crippen LogP contribution is -2.45. The number of anilines is 2. The molecule has 3 rings (SSSR count). The van der Waals surface area contributed by atoms with Gasteiger partial charge in [-0.15, -0.1) is 0 Å². The summed E-state index contributed by atoms with van der Waals surface area (Å²) < 4.78 is 24.7. The van der Waals surface area contributed by atoms with Gasteiger partial charge in [-0.25, -0.2) is 18.2 Å². The lowest BCUT2D eigenvalue weighted by atomic mass is 10.2. The van der Waals surface area contributed by atoms with Crippen LogP contribution in [0.3, 0.4) is 0 Å². The van der Waals surface area contributed by atoms with Gasteiger partial charge in [-0.05, 0) is 51.0 Å². The summed E-state index contributed by atoms with van der Waals surface area (Å²) in [5.41, 5.74) is 6.71. The predicted octanol–water partition coefficient (Wildman–Crippen LogP) is 2.80. The summed E-state index contributed by atoms with van der Waals surface area (Å²) in [5.74, 6) is -0.365. The molecule has 0 aliphatic carbocycles. The standard InChI is InChI=1S/C21H25ClN6O4S/c1-21(2,24)33(31,32)18(23)13-5-7-14(8-6-13)26-19(29)16-4-3-11-28(16)20(30)27-15-9-10-17(22)25-12-15/h5-10,12,16,23H,3-4,11,24H2,1-2H3,(H,26,29)(H,27,30)/t16-/m1/s1. The Morgan fingerprint density at radius 3 is 2.36 bits per heavy atom. The third-order valence-corrected chi connectivity index (χ3v) is 7.55. The SMILES string of the molecule is CC(C)(N)S(=O)(=O)C(=N)c1ccc(NC(=O)[C@H]2CCCN2C(=O)Nc2ccc(Cl)nc2)cc1. The van der Waals surface area contributed by atoms with Crippen molar-refractivity contribution in [2.75, 3.05) is 17.2 Å². The monoisotopic (exact) mass is 492 g/mol. The first-order valence-corrected chi connectivity index (χ1v) is 12.0. The number of rotatable bonds is 5. The van der Waals surface area contributed by atoms with Crippen molar-refractivity contribution in [2.24, 2.45) is 5.73 Å². The molecule has 12 heteroatoms. The zero-order chi connectivity index (χ0) is 24.4. The van der Waals surface area contributed by atoms with E-state index in [1.807, 2.05) is 0 Å². The minimum absolute atomic E-state index is 0.157. The highest BCUT2D eigenvalue weighted by atomic mass is 35.5. The van der Waals surface area contributed by atoms with Crippen LogP contribution in [0.1, 0.15) is 32.3 Å². The minimum atomic E-state index is -4.01. The molecular weight excluding hydrogens is 468 g/mol. The third-order valence-electron chi connectivity index (χ3n) is 5.17. The molecule has 0 unspecified atom stereocenters. The first kappa shape index (κ1) is 24.6. The highest BCUT2D eigenvalue weighted by molar-refractivity contribution is 8.07. The molecule has 33 heavy (non-hydrogen) atoms. The van der Waals surface area contributed by atoms with E-state index in [0.717, 1.165) is 0 Å². The van der Waals surface area contributed by atoms with Crippen molar-refractivity contribution in [1.82, 2.24) is 9.88 Å². The van der Waals surface area contributed by atoms with Crippen LogP contribution in [-0.2, 0) is 14.6 Å². The maximum Gasteiger partial charge on any atom is 0.322 e. The Morgan fingerprint density at radius 1 is 1.15 bits per heavy atom. The summed E-state index contributed by atoms with van der Waals surface area (Å²) in [6.45, 7) is 3.06. The van der Waals surface area contributed by atoms with Crippen molar-refractivity contribution in [3.63, 3.8) is 0 Å². The largest absolute Gasteiger partial charge is 0.324 e. The summed E-state index contributed by atoms with van der Waals surface area (Å²) in [6.07, 6.45) is 2.61. The summed E-state index contributed by atoms with van der Waals surface area (Å²) in [5, 5.41) is 13.1. The molecule has 1 aliphatic rings. The van der Waals surface area contributed by atoms with E-state index < -0.39 is 31.8 Å². The lowest BCUT2D eigenvalue weighted by molar-refractivity contribution is -0.119. The average molecular weight is 493 g/mol. The van der Waals surface area contributed by atoms with Gasteiger partial charge in [-0.1, -0.05) is 23.7 Å². The van der Waals surface area contributed by atoms with Gasteiger partial charge >= 0.3 is 6.03 Å². The van der Waals surface area contributed by atoms with Gasteiger partial charge in [0.1, 0.15) is 16.1 Å². The van der Waals surface area contributed by atoms with E-state index in [2.05, 4.69) is 15.6 Å². The lowest BCUT2D eigenvalue weighted by Gasteiger charge is -2.24. The molecule has 10 nitrogen and oxygen atoms in total. The molecule has 1 saturated heterocycles. The van der Waals surface area contributed by atoms with Crippen molar-refractivity contribution in [3.8, 4) is 0 Å². The number of carbonyl (C=O) groups is 2. The number of halogens is 1. The third kappa shape index (κ3) is 5.49. The van der Waals surface area contributed by atoms with Crippen molar-refractivity contribution in [1.29, 1.82) is 5.41 Å². The van der Waals surface area contributed by atoms with Crippen molar-refractivity contribution >= 4 is 49.8 Å². The normalized spacial score (nSPS) is 16.4. The molecule has 5 N–H and O–H groups in total. The highest BCUT2D eigenvalue weighted by Crippen LogP contribution is 2.22. The number of nitrogens with zero attached hydrogens (tertiary/aromatic N) is 2. The number of likely N-dealkylation sites (tertiary alicyclic amines) is 1. The summed E-state index contributed by atoms with van der Waals surface area (Å²) in [7, 11) is -4.01. The van der Waals surface area contributed by atoms with Crippen LogP contribution < -0.4 is 16.4 Å². The van der Waals surface area contributed by atoms with Crippen molar-refractivity contribution in [3.05, 3.63) is 53.3 Å². The number of benzene rings is 1. The average Bonchev–Trinajstić information content (AvgIpc) is 3.25. The second kappa shape index (κ2) is 9.46. The molecule has 0 spiro atoms. The number of carbonyl (C=O) groups excluding carboxylic acids is 2. The molecule has 0 radical (unpaired) electrons. The van der Waals surface area contributed by atoms with Gasteiger partial charge < -0.3 is 21.3 Å². The summed E-state index contributed by atoms with van der Waals surface area (Å²) in [6, 6.07) is 7.93. The number of hydrogen-bond acceptors (Lipinski definition) is 7. The number of amides is 3. The summed E-state index contributed by atoms with van der Waals surface area (Å²) in [4.78, 5) is 29.2. The molecule has 1 fully saturated rings. The number of hydrogen-bond donors (Lipinski definition) is 4. The van der Waals surface area contributed by atoms with Gasteiger partial charge in [-0.2, -0.15) is 0 Å². The van der Waals surface area contributed by atoms with Crippen LogP contribution >= 0.6 is 11.6 Å². The van der Waals surface area contributed by atoms with E-state index in [4.69, 9.17) is 22.7 Å². The van der Waals surface area contributed by atoms with Gasteiger partial charge in [0.15, 0.2) is 5.04 Å². The van der Waals surface area contributed by atoms with Gasteiger partial charge in [0, 0.05) is 17.8 Å². The number of sulfone groups is 1. The van der Waals surface area contributed by atoms with Gasteiger partial charge in [0.2, 0.25) is 15.7 Å². The Bertz CT molecular complexity index is 1160. The molecule has 1 aliphatic heterocycles. The van der Waals surface area contributed by atoms with Crippen LogP contribution in [0.5, 0.6) is 0 Å². The second-order valence-electron chi connectivity index (χ2n) is 8.15. The van der Waals surface area contributed by atoms with Crippen LogP contribution in [0.25, 0.3) is 0 Å². The zero-order valence-electron chi connectivity index (χ0n) is 18.1. The smallest absolute Gasteiger partial charge is 0.322 e. The second-order valence-corrected chi connectivity index (χ2v) is 11.0. The Balaban J connectivity index is 1.66. The van der Waals surface area contributed by atoms with E-state index in [1.54, 1.807) is 12.1 Å². The Hall–Kier alpha value is -3.02. The number of pyridine rings is 1. The van der Waals surface area contributed by atoms with Crippen LogP contribution in [0.2, 0.25) is 5.15 Å². The molecule has 2 heterocycles. The van der Waals surface area contributed by atoms with Gasteiger partial charge in [-0.3, -0.25) is 10.2 Å². The Morgan fingerprint density at radius 2 is 1.79 bits per heavy atom. The zero-order valence-corrected chi connectivity index (χ0v) is 19.7. The Kier molecular flexibility index (Phi) is 7.06. The first-order chi connectivity index (χ1) is 15.4. The fraction of sp³-hybridized carbons (Fsp3) is 0.333. The minimum Gasteiger partial charge on any atom is -0.324 e. The first-order valence-electron chi connectivity index (χ1n) is 10.1. The molecule has 3 amide bonds. The summed E-state index contributed by atoms with van der Waals surface area (Å²) >= 11 is 5.75. The van der Waals surface area contributed by atoms with E-state index in [1.165, 1.54) is 49.2 Å². The number of nitrogens with one attached hydrogen (secondary N) is 3. The molecular formula is C21H25ClN6O4S. The van der Waals surface area contributed by atoms with Crippen molar-refractivity contribution in [2.45, 2.75) is 37.6 Å². The van der Waals surface area contributed by atoms with Crippen LogP contribution in [-0.4, -0.2) is 52.7 Å². The van der Waals surface area contributed by atoms with E-state index in [9.17, 15) is 18.0 Å². The Labute approximate surface area is 196 Å². The molecule has 2 aromatic rings. The van der Waals surface area contributed by atoms with Crippen molar-refractivity contribution < 1.29 is 18.0 Å².